The monoisotopic (exact) mass is 264 g/mol. The van der Waals surface area contributed by atoms with Gasteiger partial charge in [0.25, 0.3) is 0 Å². The molecule has 1 aromatic rings. The van der Waals surface area contributed by atoms with E-state index in [0.717, 1.165) is 31.5 Å². The summed E-state index contributed by atoms with van der Waals surface area (Å²) in [4.78, 5) is 17.6. The number of aromatic nitrogens is 3. The minimum atomic E-state index is 0.658. The van der Waals surface area contributed by atoms with Gasteiger partial charge in [0.15, 0.2) is 0 Å². The van der Waals surface area contributed by atoms with E-state index in [-0.39, 0.29) is 0 Å². The van der Waals surface area contributed by atoms with Crippen molar-refractivity contribution in [3.63, 3.8) is 0 Å². The molecule has 6 heteroatoms. The summed E-state index contributed by atoms with van der Waals surface area (Å²) in [5.41, 5.74) is 0. The smallest absolute Gasteiger partial charge is 0.231 e. The molecule has 2 rings (SSSR count). The van der Waals surface area contributed by atoms with Gasteiger partial charge in [-0.15, -0.1) is 0 Å². The standard InChI is InChI=1S/C13H24N6/c1-5-14-11-15-12(18(3)4)17-13(16-11)19(6-2)9-10-7-8-10/h10H,5-9H2,1-4H3,(H,14,15,16,17). The first-order valence-electron chi connectivity index (χ1n) is 7.06. The minimum absolute atomic E-state index is 0.658. The topological polar surface area (TPSA) is 57.2 Å². The molecule has 0 aromatic carbocycles. The van der Waals surface area contributed by atoms with Crippen LogP contribution in [0.5, 0.6) is 0 Å². The molecule has 0 amide bonds. The third kappa shape index (κ3) is 3.68. The summed E-state index contributed by atoms with van der Waals surface area (Å²) in [7, 11) is 3.90. The van der Waals surface area contributed by atoms with E-state index in [2.05, 4.69) is 32.1 Å². The number of anilines is 3. The summed E-state index contributed by atoms with van der Waals surface area (Å²) in [6.45, 7) is 6.98. The molecular formula is C13H24N6. The molecule has 1 heterocycles. The predicted octanol–water partition coefficient (Wildman–Crippen LogP) is 1.61. The van der Waals surface area contributed by atoms with Gasteiger partial charge >= 0.3 is 0 Å². The molecule has 1 fully saturated rings. The van der Waals surface area contributed by atoms with Gasteiger partial charge in [-0.1, -0.05) is 0 Å². The Balaban J connectivity index is 2.24. The van der Waals surface area contributed by atoms with Gasteiger partial charge in [-0.2, -0.15) is 15.0 Å². The Kier molecular flexibility index (Phi) is 4.39. The Hall–Kier alpha value is -1.59. The average Bonchev–Trinajstić information content (AvgIpc) is 3.19. The Morgan fingerprint density at radius 3 is 2.32 bits per heavy atom. The van der Waals surface area contributed by atoms with E-state index in [1.54, 1.807) is 0 Å². The van der Waals surface area contributed by atoms with Crippen molar-refractivity contribution in [3.05, 3.63) is 0 Å². The van der Waals surface area contributed by atoms with Crippen LogP contribution >= 0.6 is 0 Å². The van der Waals surface area contributed by atoms with Gasteiger partial charge in [-0.25, -0.2) is 0 Å². The summed E-state index contributed by atoms with van der Waals surface area (Å²) < 4.78 is 0. The summed E-state index contributed by atoms with van der Waals surface area (Å²) in [6.07, 6.45) is 2.67. The molecule has 1 saturated carbocycles. The van der Waals surface area contributed by atoms with Gasteiger partial charge in [0.1, 0.15) is 0 Å². The van der Waals surface area contributed by atoms with Gasteiger partial charge in [0.2, 0.25) is 17.8 Å². The Bertz CT molecular complexity index is 416. The van der Waals surface area contributed by atoms with E-state index in [1.807, 2.05) is 25.9 Å². The fourth-order valence-electron chi connectivity index (χ4n) is 1.90. The van der Waals surface area contributed by atoms with Crippen LogP contribution in [0.1, 0.15) is 26.7 Å². The summed E-state index contributed by atoms with van der Waals surface area (Å²) in [6, 6.07) is 0. The zero-order valence-corrected chi connectivity index (χ0v) is 12.3. The number of nitrogens with one attached hydrogen (secondary N) is 1. The van der Waals surface area contributed by atoms with Gasteiger partial charge in [0, 0.05) is 33.7 Å². The highest BCUT2D eigenvalue weighted by molar-refractivity contribution is 5.44. The van der Waals surface area contributed by atoms with E-state index < -0.39 is 0 Å². The normalized spacial score (nSPS) is 14.3. The van der Waals surface area contributed by atoms with Crippen molar-refractivity contribution in [1.29, 1.82) is 0 Å². The molecule has 0 aliphatic heterocycles. The first-order valence-corrected chi connectivity index (χ1v) is 7.06. The quantitative estimate of drug-likeness (QED) is 0.807. The number of nitrogens with zero attached hydrogens (tertiary/aromatic N) is 5. The first-order chi connectivity index (χ1) is 9.13. The van der Waals surface area contributed by atoms with Gasteiger partial charge in [-0.3, -0.25) is 0 Å². The maximum atomic E-state index is 4.56. The molecule has 1 aliphatic rings. The van der Waals surface area contributed by atoms with Crippen molar-refractivity contribution in [1.82, 2.24) is 15.0 Å². The molecule has 0 bridgehead atoms. The first kappa shape index (κ1) is 13.8. The van der Waals surface area contributed by atoms with E-state index in [9.17, 15) is 0 Å². The minimum Gasteiger partial charge on any atom is -0.354 e. The number of hydrogen-bond donors (Lipinski definition) is 1. The highest BCUT2D eigenvalue weighted by Gasteiger charge is 2.25. The molecule has 1 N–H and O–H groups in total. The maximum Gasteiger partial charge on any atom is 0.231 e. The van der Waals surface area contributed by atoms with Crippen LogP contribution in [0.25, 0.3) is 0 Å². The Morgan fingerprint density at radius 2 is 1.79 bits per heavy atom. The number of rotatable bonds is 7. The van der Waals surface area contributed by atoms with Gasteiger partial charge in [-0.05, 0) is 32.6 Å². The van der Waals surface area contributed by atoms with E-state index in [4.69, 9.17) is 0 Å². The van der Waals surface area contributed by atoms with Crippen molar-refractivity contribution in [2.24, 2.45) is 5.92 Å². The third-order valence-corrected chi connectivity index (χ3v) is 3.19. The van der Waals surface area contributed by atoms with Crippen molar-refractivity contribution >= 4 is 17.8 Å². The Labute approximate surface area is 115 Å². The van der Waals surface area contributed by atoms with Crippen LogP contribution in [0.4, 0.5) is 17.8 Å². The largest absolute Gasteiger partial charge is 0.354 e. The molecule has 6 nitrogen and oxygen atoms in total. The highest BCUT2D eigenvalue weighted by atomic mass is 15.3. The van der Waals surface area contributed by atoms with Crippen LogP contribution in [0.2, 0.25) is 0 Å². The lowest BCUT2D eigenvalue weighted by Gasteiger charge is -2.22. The fraction of sp³-hybridized carbons (Fsp3) is 0.769. The Morgan fingerprint density at radius 1 is 1.11 bits per heavy atom. The molecule has 0 atom stereocenters. The van der Waals surface area contributed by atoms with Crippen molar-refractivity contribution < 1.29 is 0 Å². The lowest BCUT2D eigenvalue weighted by atomic mass is 10.4. The van der Waals surface area contributed by atoms with E-state index >= 15 is 0 Å². The number of hydrogen-bond acceptors (Lipinski definition) is 6. The maximum absolute atomic E-state index is 4.56. The molecule has 0 radical (unpaired) electrons. The van der Waals surface area contributed by atoms with Crippen molar-refractivity contribution in [3.8, 4) is 0 Å². The fourth-order valence-corrected chi connectivity index (χ4v) is 1.90. The van der Waals surface area contributed by atoms with E-state index in [1.165, 1.54) is 12.8 Å². The van der Waals surface area contributed by atoms with Crippen LogP contribution in [0.3, 0.4) is 0 Å². The van der Waals surface area contributed by atoms with Crippen molar-refractivity contribution in [2.75, 3.05) is 48.8 Å². The van der Waals surface area contributed by atoms with Crippen LogP contribution < -0.4 is 15.1 Å². The predicted molar refractivity (Wildman–Crippen MR) is 78.9 cm³/mol. The second kappa shape index (κ2) is 6.04. The zero-order valence-electron chi connectivity index (χ0n) is 12.3. The van der Waals surface area contributed by atoms with Crippen LogP contribution in [0.15, 0.2) is 0 Å². The summed E-state index contributed by atoms with van der Waals surface area (Å²) in [5, 5.41) is 3.18. The molecule has 0 spiro atoms. The lowest BCUT2D eigenvalue weighted by molar-refractivity contribution is 0.715. The lowest BCUT2D eigenvalue weighted by Crippen LogP contribution is -2.28. The van der Waals surface area contributed by atoms with Gasteiger partial charge in [0.05, 0.1) is 0 Å². The summed E-state index contributed by atoms with van der Waals surface area (Å²) >= 11 is 0. The van der Waals surface area contributed by atoms with Gasteiger partial charge < -0.3 is 15.1 Å². The second-order valence-electron chi connectivity index (χ2n) is 5.17. The van der Waals surface area contributed by atoms with Crippen LogP contribution in [-0.2, 0) is 0 Å². The molecule has 0 unspecified atom stereocenters. The molecule has 1 aliphatic carbocycles. The van der Waals surface area contributed by atoms with E-state index in [0.29, 0.717) is 11.9 Å². The molecule has 1 aromatic heterocycles. The zero-order chi connectivity index (χ0) is 13.8. The molecule has 0 saturated heterocycles. The van der Waals surface area contributed by atoms with Crippen molar-refractivity contribution in [2.45, 2.75) is 26.7 Å². The highest BCUT2D eigenvalue weighted by Crippen LogP contribution is 2.30. The molecular weight excluding hydrogens is 240 g/mol. The SMILES string of the molecule is CCNc1nc(N(C)C)nc(N(CC)CC2CC2)n1. The summed E-state index contributed by atoms with van der Waals surface area (Å²) in [5.74, 6) is 2.96. The average molecular weight is 264 g/mol. The molecule has 106 valence electrons. The third-order valence-electron chi connectivity index (χ3n) is 3.19. The van der Waals surface area contributed by atoms with Crippen LogP contribution in [0, 0.1) is 5.92 Å². The van der Waals surface area contributed by atoms with Crippen LogP contribution in [-0.4, -0.2) is 48.7 Å². The molecule has 19 heavy (non-hydrogen) atoms. The second-order valence-corrected chi connectivity index (χ2v) is 5.17.